The van der Waals surface area contributed by atoms with Crippen molar-refractivity contribution in [2.45, 2.75) is 18.9 Å². The van der Waals surface area contributed by atoms with Crippen molar-refractivity contribution in [1.29, 1.82) is 0 Å². The van der Waals surface area contributed by atoms with Crippen LogP contribution in [0, 0.1) is 0 Å². The molecular formula is C18H14F6N2O. The molecule has 0 unspecified atom stereocenters. The van der Waals surface area contributed by atoms with Gasteiger partial charge in [-0.25, -0.2) is 4.79 Å². The summed E-state index contributed by atoms with van der Waals surface area (Å²) in [5.41, 5.74) is -1.17. The molecule has 0 atom stereocenters. The zero-order valence-electron chi connectivity index (χ0n) is 13.7. The number of urea groups is 1. The lowest BCUT2D eigenvalue weighted by Crippen LogP contribution is -2.31. The molecule has 0 saturated carbocycles. The van der Waals surface area contributed by atoms with Crippen LogP contribution in [0.25, 0.3) is 6.08 Å². The lowest BCUT2D eigenvalue weighted by Gasteiger charge is -2.09. The number of benzene rings is 2. The van der Waals surface area contributed by atoms with Crippen molar-refractivity contribution in [2.24, 2.45) is 0 Å². The fourth-order valence-corrected chi connectivity index (χ4v) is 2.12. The quantitative estimate of drug-likeness (QED) is 0.695. The van der Waals surface area contributed by atoms with Crippen molar-refractivity contribution < 1.29 is 31.1 Å². The molecule has 27 heavy (non-hydrogen) atoms. The Morgan fingerprint density at radius 3 is 2.11 bits per heavy atom. The Balaban J connectivity index is 1.89. The van der Waals surface area contributed by atoms with Gasteiger partial charge in [-0.15, -0.1) is 0 Å². The van der Waals surface area contributed by atoms with Gasteiger partial charge in [-0.2, -0.15) is 26.3 Å². The highest BCUT2D eigenvalue weighted by molar-refractivity contribution is 5.75. The summed E-state index contributed by atoms with van der Waals surface area (Å²) in [6.45, 7) is -0.146. The molecule has 0 saturated heterocycles. The molecular weight excluding hydrogens is 374 g/mol. The van der Waals surface area contributed by atoms with Crippen LogP contribution >= 0.6 is 0 Å². The van der Waals surface area contributed by atoms with Crippen molar-refractivity contribution in [3.8, 4) is 0 Å². The Kier molecular flexibility index (Phi) is 6.14. The predicted molar refractivity (Wildman–Crippen MR) is 87.3 cm³/mol. The second kappa shape index (κ2) is 8.15. The molecule has 0 bridgehead atoms. The average molecular weight is 388 g/mol. The number of hydrogen-bond acceptors (Lipinski definition) is 1. The van der Waals surface area contributed by atoms with Gasteiger partial charge in [0.15, 0.2) is 0 Å². The number of rotatable bonds is 4. The molecule has 9 heteroatoms. The summed E-state index contributed by atoms with van der Waals surface area (Å²) in [5, 5.41) is 4.62. The standard InChI is InChI=1S/C18H14F6N2O/c19-17(20,21)14-5-1-3-12(9-14)7-8-25-16(27)26-11-13-4-2-6-15(10-13)18(22,23)24/h1-10H,11H2,(H2,25,26,27)/b8-7+. The topological polar surface area (TPSA) is 41.1 Å². The van der Waals surface area contributed by atoms with Gasteiger partial charge in [0.25, 0.3) is 0 Å². The number of halogens is 6. The molecule has 0 aromatic heterocycles. The third-order valence-corrected chi connectivity index (χ3v) is 3.41. The zero-order chi connectivity index (χ0) is 20.1. The van der Waals surface area contributed by atoms with Gasteiger partial charge in [-0.3, -0.25) is 0 Å². The first-order chi connectivity index (χ1) is 12.6. The van der Waals surface area contributed by atoms with E-state index >= 15 is 0 Å². The second-order valence-corrected chi connectivity index (χ2v) is 5.48. The van der Waals surface area contributed by atoms with Crippen LogP contribution in [0.4, 0.5) is 31.1 Å². The fourth-order valence-electron chi connectivity index (χ4n) is 2.12. The van der Waals surface area contributed by atoms with Crippen LogP contribution < -0.4 is 10.6 Å². The van der Waals surface area contributed by atoms with Crippen molar-refractivity contribution in [3.63, 3.8) is 0 Å². The van der Waals surface area contributed by atoms with Gasteiger partial charge in [0.1, 0.15) is 0 Å². The number of hydrogen-bond donors (Lipinski definition) is 2. The van der Waals surface area contributed by atoms with Crippen LogP contribution in [0.2, 0.25) is 0 Å². The smallest absolute Gasteiger partial charge is 0.334 e. The van der Waals surface area contributed by atoms with Gasteiger partial charge < -0.3 is 10.6 Å². The number of alkyl halides is 6. The molecule has 0 aliphatic heterocycles. The normalized spacial score (nSPS) is 12.2. The number of carbonyl (C=O) groups is 1. The minimum atomic E-state index is -4.48. The summed E-state index contributed by atoms with van der Waals surface area (Å²) in [5.74, 6) is 0. The first kappa shape index (κ1) is 20.3. The van der Waals surface area contributed by atoms with Gasteiger partial charge >= 0.3 is 18.4 Å². The third kappa shape index (κ3) is 6.36. The van der Waals surface area contributed by atoms with Crippen molar-refractivity contribution in [3.05, 3.63) is 77.0 Å². The highest BCUT2D eigenvalue weighted by Gasteiger charge is 2.30. The molecule has 0 heterocycles. The zero-order valence-corrected chi connectivity index (χ0v) is 13.7. The van der Waals surface area contributed by atoms with Gasteiger partial charge in [-0.1, -0.05) is 24.3 Å². The van der Waals surface area contributed by atoms with Gasteiger partial charge in [0, 0.05) is 12.7 Å². The van der Waals surface area contributed by atoms with Crippen molar-refractivity contribution in [2.75, 3.05) is 0 Å². The highest BCUT2D eigenvalue weighted by Crippen LogP contribution is 2.30. The molecule has 2 aromatic carbocycles. The van der Waals surface area contributed by atoms with E-state index in [1.807, 2.05) is 0 Å². The van der Waals surface area contributed by atoms with E-state index in [-0.39, 0.29) is 17.7 Å². The Bertz CT molecular complexity index is 827. The van der Waals surface area contributed by atoms with Crippen LogP contribution in [0.1, 0.15) is 22.3 Å². The minimum Gasteiger partial charge on any atom is -0.334 e. The van der Waals surface area contributed by atoms with Crippen LogP contribution in [-0.2, 0) is 18.9 Å². The SMILES string of the molecule is O=C(N/C=C/c1cccc(C(F)(F)F)c1)NCc1cccc(C(F)(F)F)c1. The summed E-state index contributed by atoms with van der Waals surface area (Å²) in [6.07, 6.45) is -6.55. The molecule has 0 aliphatic rings. The molecule has 2 aromatic rings. The van der Waals surface area contributed by atoms with E-state index in [0.29, 0.717) is 0 Å². The van der Waals surface area contributed by atoms with Crippen molar-refractivity contribution >= 4 is 12.1 Å². The maximum Gasteiger partial charge on any atom is 0.416 e. The van der Waals surface area contributed by atoms with Crippen LogP contribution in [-0.4, -0.2) is 6.03 Å². The van der Waals surface area contributed by atoms with E-state index < -0.39 is 29.5 Å². The molecule has 0 spiro atoms. The van der Waals surface area contributed by atoms with Gasteiger partial charge in [0.05, 0.1) is 11.1 Å². The summed E-state index contributed by atoms with van der Waals surface area (Å²) in [6, 6.07) is 8.27. The highest BCUT2D eigenvalue weighted by atomic mass is 19.4. The van der Waals surface area contributed by atoms with Gasteiger partial charge in [-0.05, 0) is 41.5 Å². The molecule has 2 N–H and O–H groups in total. The first-order valence-corrected chi connectivity index (χ1v) is 7.60. The van der Waals surface area contributed by atoms with E-state index in [1.165, 1.54) is 30.3 Å². The maximum absolute atomic E-state index is 12.6. The lowest BCUT2D eigenvalue weighted by molar-refractivity contribution is -0.138. The fraction of sp³-hybridized carbons (Fsp3) is 0.167. The number of amides is 2. The van der Waals surface area contributed by atoms with E-state index in [9.17, 15) is 31.1 Å². The Hall–Kier alpha value is -2.97. The molecule has 0 radical (unpaired) electrons. The first-order valence-electron chi connectivity index (χ1n) is 7.60. The second-order valence-electron chi connectivity index (χ2n) is 5.48. The Morgan fingerprint density at radius 2 is 1.48 bits per heavy atom. The van der Waals surface area contributed by atoms with Crippen LogP contribution in [0.5, 0.6) is 0 Å². The Morgan fingerprint density at radius 1 is 0.889 bits per heavy atom. The molecule has 0 fully saturated rings. The third-order valence-electron chi connectivity index (χ3n) is 3.41. The summed E-state index contributed by atoms with van der Waals surface area (Å²) < 4.78 is 75.7. The molecule has 2 amide bonds. The van der Waals surface area contributed by atoms with E-state index in [0.717, 1.165) is 30.5 Å². The van der Waals surface area contributed by atoms with Gasteiger partial charge in [0.2, 0.25) is 0 Å². The molecule has 144 valence electrons. The molecule has 2 rings (SSSR count). The van der Waals surface area contributed by atoms with E-state index in [1.54, 1.807) is 0 Å². The minimum absolute atomic E-state index is 0.146. The van der Waals surface area contributed by atoms with E-state index in [4.69, 9.17) is 0 Å². The average Bonchev–Trinajstić information content (AvgIpc) is 2.59. The molecule has 3 nitrogen and oxygen atoms in total. The Labute approximate surface area is 150 Å². The predicted octanol–water partition coefficient (Wildman–Crippen LogP) is 5.19. The van der Waals surface area contributed by atoms with Crippen LogP contribution in [0.15, 0.2) is 54.7 Å². The summed E-state index contributed by atoms with van der Waals surface area (Å²) in [4.78, 5) is 11.6. The largest absolute Gasteiger partial charge is 0.416 e. The maximum atomic E-state index is 12.6. The summed E-state index contributed by atoms with van der Waals surface area (Å²) in [7, 11) is 0. The summed E-state index contributed by atoms with van der Waals surface area (Å²) >= 11 is 0. The van der Waals surface area contributed by atoms with Crippen LogP contribution in [0.3, 0.4) is 0 Å². The monoisotopic (exact) mass is 388 g/mol. The number of carbonyl (C=O) groups excluding carboxylic acids is 1. The number of nitrogens with one attached hydrogen (secondary N) is 2. The van der Waals surface area contributed by atoms with E-state index in [2.05, 4.69) is 10.6 Å². The lowest BCUT2D eigenvalue weighted by atomic mass is 10.1. The van der Waals surface area contributed by atoms with Crippen molar-refractivity contribution in [1.82, 2.24) is 10.6 Å². The molecule has 0 aliphatic carbocycles.